The van der Waals surface area contributed by atoms with E-state index in [0.29, 0.717) is 6.54 Å². The topological polar surface area (TPSA) is 49.3 Å². The van der Waals surface area contributed by atoms with Crippen LogP contribution in [-0.2, 0) is 6.54 Å². The highest BCUT2D eigenvalue weighted by atomic mass is 16.4. The molecule has 0 bridgehead atoms. The minimum absolute atomic E-state index is 0.319. The second-order valence-corrected chi connectivity index (χ2v) is 4.18. The van der Waals surface area contributed by atoms with Crippen LogP contribution in [-0.4, -0.2) is 11.2 Å². The van der Waals surface area contributed by atoms with E-state index >= 15 is 0 Å². The third-order valence-corrected chi connectivity index (χ3v) is 2.81. The lowest BCUT2D eigenvalue weighted by Crippen LogP contribution is -2.20. The largest absolute Gasteiger partial charge is 0.465 e. The van der Waals surface area contributed by atoms with Crippen molar-refractivity contribution in [1.82, 2.24) is 5.32 Å². The molecule has 0 heterocycles. The number of hydrogen-bond acceptors (Lipinski definition) is 1. The van der Waals surface area contributed by atoms with Crippen molar-refractivity contribution in [2.45, 2.75) is 13.5 Å². The molecule has 0 fully saturated rings. The summed E-state index contributed by atoms with van der Waals surface area (Å²) < 4.78 is 0. The minimum Gasteiger partial charge on any atom is -0.465 e. The highest BCUT2D eigenvalue weighted by molar-refractivity contribution is 5.69. The van der Waals surface area contributed by atoms with Crippen molar-refractivity contribution >= 4 is 6.09 Å². The molecule has 1 amide bonds. The van der Waals surface area contributed by atoms with Gasteiger partial charge in [-0.2, -0.15) is 0 Å². The molecule has 0 spiro atoms. The smallest absolute Gasteiger partial charge is 0.404 e. The molecule has 0 saturated heterocycles. The van der Waals surface area contributed by atoms with Crippen molar-refractivity contribution in [3.05, 3.63) is 59.7 Å². The lowest BCUT2D eigenvalue weighted by atomic mass is 9.99. The van der Waals surface area contributed by atoms with Crippen molar-refractivity contribution in [3.8, 4) is 11.1 Å². The Balaban J connectivity index is 2.32. The molecule has 0 saturated carbocycles. The Bertz CT molecular complexity index is 547. The van der Waals surface area contributed by atoms with Gasteiger partial charge in [0.25, 0.3) is 0 Å². The number of amides is 1. The van der Waals surface area contributed by atoms with Crippen molar-refractivity contribution < 1.29 is 9.90 Å². The summed E-state index contributed by atoms with van der Waals surface area (Å²) in [4.78, 5) is 10.6. The molecule has 0 aromatic heterocycles. The zero-order valence-electron chi connectivity index (χ0n) is 10.2. The Morgan fingerprint density at radius 2 is 1.78 bits per heavy atom. The van der Waals surface area contributed by atoms with Crippen LogP contribution >= 0.6 is 0 Å². The molecule has 0 aliphatic carbocycles. The summed E-state index contributed by atoms with van der Waals surface area (Å²) >= 11 is 0. The average Bonchev–Trinajstić information content (AvgIpc) is 2.38. The number of carboxylic acid groups (broad SMARTS) is 1. The fourth-order valence-electron chi connectivity index (χ4n) is 1.86. The maximum absolute atomic E-state index is 10.6. The SMILES string of the molecule is Cc1ccc(-c2ccccc2CNC(=O)O)cc1. The van der Waals surface area contributed by atoms with Gasteiger partial charge in [0.2, 0.25) is 0 Å². The zero-order valence-corrected chi connectivity index (χ0v) is 10.2. The third kappa shape index (κ3) is 2.88. The van der Waals surface area contributed by atoms with E-state index < -0.39 is 6.09 Å². The maximum Gasteiger partial charge on any atom is 0.404 e. The van der Waals surface area contributed by atoms with Crippen LogP contribution in [0.2, 0.25) is 0 Å². The van der Waals surface area contributed by atoms with E-state index in [1.54, 1.807) is 0 Å². The van der Waals surface area contributed by atoms with Gasteiger partial charge in [0, 0.05) is 6.54 Å². The summed E-state index contributed by atoms with van der Waals surface area (Å²) in [6, 6.07) is 16.0. The number of benzene rings is 2. The van der Waals surface area contributed by atoms with E-state index in [-0.39, 0.29) is 0 Å². The Labute approximate surface area is 106 Å². The predicted octanol–water partition coefficient (Wildman–Crippen LogP) is 3.43. The molecule has 3 nitrogen and oxygen atoms in total. The van der Waals surface area contributed by atoms with Gasteiger partial charge in [-0.1, -0.05) is 54.1 Å². The summed E-state index contributed by atoms with van der Waals surface area (Å²) in [5.41, 5.74) is 4.35. The Hall–Kier alpha value is -2.29. The molecular formula is C15H15NO2. The van der Waals surface area contributed by atoms with Crippen LogP contribution < -0.4 is 5.32 Å². The van der Waals surface area contributed by atoms with Gasteiger partial charge in [0.15, 0.2) is 0 Å². The molecule has 0 aliphatic rings. The summed E-state index contributed by atoms with van der Waals surface area (Å²) in [6.07, 6.45) is -1.01. The van der Waals surface area contributed by atoms with Crippen LogP contribution in [0, 0.1) is 6.92 Å². The Morgan fingerprint density at radius 1 is 1.11 bits per heavy atom. The van der Waals surface area contributed by atoms with E-state index in [4.69, 9.17) is 5.11 Å². The van der Waals surface area contributed by atoms with Gasteiger partial charge in [-0.15, -0.1) is 0 Å². The quantitative estimate of drug-likeness (QED) is 0.864. The number of rotatable bonds is 3. The fraction of sp³-hybridized carbons (Fsp3) is 0.133. The van der Waals surface area contributed by atoms with Gasteiger partial charge in [-0.05, 0) is 23.6 Å². The first-order valence-electron chi connectivity index (χ1n) is 5.78. The summed E-state index contributed by atoms with van der Waals surface area (Å²) in [6.45, 7) is 2.36. The van der Waals surface area contributed by atoms with E-state index in [0.717, 1.165) is 16.7 Å². The molecule has 2 aromatic carbocycles. The van der Waals surface area contributed by atoms with Crippen molar-refractivity contribution in [1.29, 1.82) is 0 Å². The Kier molecular flexibility index (Phi) is 3.63. The molecule has 18 heavy (non-hydrogen) atoms. The minimum atomic E-state index is -1.01. The monoisotopic (exact) mass is 241 g/mol. The molecule has 0 aliphatic heterocycles. The van der Waals surface area contributed by atoms with Crippen LogP contribution in [0.15, 0.2) is 48.5 Å². The normalized spacial score (nSPS) is 10.1. The molecule has 2 aromatic rings. The summed E-state index contributed by atoms with van der Waals surface area (Å²) in [5, 5.41) is 11.1. The van der Waals surface area contributed by atoms with Crippen LogP contribution in [0.1, 0.15) is 11.1 Å². The highest BCUT2D eigenvalue weighted by Crippen LogP contribution is 2.23. The molecule has 2 N–H and O–H groups in total. The van der Waals surface area contributed by atoms with Crippen LogP contribution in [0.4, 0.5) is 4.79 Å². The van der Waals surface area contributed by atoms with E-state index in [1.165, 1.54) is 5.56 Å². The van der Waals surface area contributed by atoms with Crippen molar-refractivity contribution in [3.63, 3.8) is 0 Å². The number of carbonyl (C=O) groups is 1. The molecule has 0 radical (unpaired) electrons. The second-order valence-electron chi connectivity index (χ2n) is 4.18. The number of aryl methyl sites for hydroxylation is 1. The molecule has 0 atom stereocenters. The van der Waals surface area contributed by atoms with Crippen molar-refractivity contribution in [2.24, 2.45) is 0 Å². The predicted molar refractivity (Wildman–Crippen MR) is 71.5 cm³/mol. The molecule has 92 valence electrons. The van der Waals surface area contributed by atoms with E-state index in [9.17, 15) is 4.79 Å². The summed E-state index contributed by atoms with van der Waals surface area (Å²) in [7, 11) is 0. The number of nitrogens with one attached hydrogen (secondary N) is 1. The van der Waals surface area contributed by atoms with Crippen molar-refractivity contribution in [2.75, 3.05) is 0 Å². The van der Waals surface area contributed by atoms with Gasteiger partial charge >= 0.3 is 6.09 Å². The standard InChI is InChI=1S/C15H15NO2/c1-11-6-8-12(9-7-11)14-5-3-2-4-13(14)10-16-15(17)18/h2-9,16H,10H2,1H3,(H,17,18). The second kappa shape index (κ2) is 5.36. The van der Waals surface area contributed by atoms with Crippen LogP contribution in [0.5, 0.6) is 0 Å². The van der Waals surface area contributed by atoms with E-state index in [1.807, 2.05) is 31.2 Å². The van der Waals surface area contributed by atoms with Gasteiger partial charge in [0.05, 0.1) is 0 Å². The Morgan fingerprint density at radius 3 is 2.44 bits per heavy atom. The van der Waals surface area contributed by atoms with Gasteiger partial charge in [-0.3, -0.25) is 0 Å². The lowest BCUT2D eigenvalue weighted by molar-refractivity contribution is 0.194. The molecule has 2 rings (SSSR count). The fourth-order valence-corrected chi connectivity index (χ4v) is 1.86. The molecular weight excluding hydrogens is 226 g/mol. The zero-order chi connectivity index (χ0) is 13.0. The first-order valence-corrected chi connectivity index (χ1v) is 5.78. The maximum atomic E-state index is 10.6. The van der Waals surface area contributed by atoms with Gasteiger partial charge in [-0.25, -0.2) is 4.79 Å². The molecule has 3 heteroatoms. The number of hydrogen-bond donors (Lipinski definition) is 2. The highest BCUT2D eigenvalue weighted by Gasteiger charge is 2.05. The first-order chi connectivity index (χ1) is 8.66. The summed E-state index contributed by atoms with van der Waals surface area (Å²) in [5.74, 6) is 0. The third-order valence-electron chi connectivity index (χ3n) is 2.81. The first kappa shape index (κ1) is 12.2. The van der Waals surface area contributed by atoms with Gasteiger partial charge in [0.1, 0.15) is 0 Å². The van der Waals surface area contributed by atoms with Crippen LogP contribution in [0.3, 0.4) is 0 Å². The average molecular weight is 241 g/mol. The molecule has 0 unspecified atom stereocenters. The van der Waals surface area contributed by atoms with Gasteiger partial charge < -0.3 is 10.4 Å². The van der Waals surface area contributed by atoms with E-state index in [2.05, 4.69) is 29.6 Å². The lowest BCUT2D eigenvalue weighted by Gasteiger charge is -2.09. The van der Waals surface area contributed by atoms with Crippen LogP contribution in [0.25, 0.3) is 11.1 Å².